The lowest BCUT2D eigenvalue weighted by molar-refractivity contribution is -0.145. The van der Waals surface area contributed by atoms with Crippen molar-refractivity contribution < 1.29 is 9.53 Å². The minimum atomic E-state index is -0.165. The summed E-state index contributed by atoms with van der Waals surface area (Å²) in [6.07, 6.45) is 0.703. The average Bonchev–Trinajstić information content (AvgIpc) is 2.38. The lowest BCUT2D eigenvalue weighted by Crippen LogP contribution is -2.49. The molecule has 1 saturated heterocycles. The molecule has 0 radical (unpaired) electrons. The van der Waals surface area contributed by atoms with Crippen LogP contribution in [0.2, 0.25) is 0 Å². The van der Waals surface area contributed by atoms with Crippen LogP contribution >= 0.6 is 0 Å². The monoisotopic (exact) mass is 248 g/mol. The van der Waals surface area contributed by atoms with Gasteiger partial charge in [-0.1, -0.05) is 17.7 Å². The van der Waals surface area contributed by atoms with Gasteiger partial charge in [0.15, 0.2) is 0 Å². The first-order valence-corrected chi connectivity index (χ1v) is 6.25. The van der Waals surface area contributed by atoms with Gasteiger partial charge in [0.1, 0.15) is 0 Å². The molecule has 0 aliphatic carbocycles. The molecular formula is C14H20N2O2. The molecule has 98 valence electrons. The highest BCUT2D eigenvalue weighted by molar-refractivity contribution is 5.73. The second-order valence-corrected chi connectivity index (χ2v) is 4.96. The number of rotatable bonds is 2. The molecule has 1 heterocycles. The van der Waals surface area contributed by atoms with Gasteiger partial charge in [0.2, 0.25) is 0 Å². The number of methoxy groups -OCH3 is 1. The van der Waals surface area contributed by atoms with E-state index >= 15 is 0 Å². The molecule has 1 aromatic rings. The first-order chi connectivity index (χ1) is 8.60. The second-order valence-electron chi connectivity index (χ2n) is 4.96. The molecule has 4 heteroatoms. The van der Waals surface area contributed by atoms with Crippen LogP contribution in [0, 0.1) is 12.8 Å². The van der Waals surface area contributed by atoms with Crippen molar-refractivity contribution in [1.29, 1.82) is 0 Å². The summed E-state index contributed by atoms with van der Waals surface area (Å²) in [4.78, 5) is 13.8. The molecule has 1 fully saturated rings. The lowest BCUT2D eigenvalue weighted by Gasteiger charge is -2.36. The maximum atomic E-state index is 11.6. The molecule has 2 N–H and O–H groups in total. The van der Waals surface area contributed by atoms with Gasteiger partial charge >= 0.3 is 5.97 Å². The van der Waals surface area contributed by atoms with E-state index in [4.69, 9.17) is 10.5 Å². The third-order valence-electron chi connectivity index (χ3n) is 3.42. The van der Waals surface area contributed by atoms with Gasteiger partial charge in [0.25, 0.3) is 0 Å². The number of hydrogen-bond acceptors (Lipinski definition) is 4. The zero-order valence-corrected chi connectivity index (χ0v) is 10.9. The van der Waals surface area contributed by atoms with Crippen LogP contribution in [0.15, 0.2) is 24.3 Å². The van der Waals surface area contributed by atoms with E-state index in [-0.39, 0.29) is 17.9 Å². The van der Waals surface area contributed by atoms with E-state index in [1.807, 2.05) is 0 Å². The van der Waals surface area contributed by atoms with Gasteiger partial charge in [-0.3, -0.25) is 4.79 Å². The molecule has 0 spiro atoms. The summed E-state index contributed by atoms with van der Waals surface area (Å²) >= 11 is 0. The predicted octanol–water partition coefficient (Wildman–Crippen LogP) is 1.32. The van der Waals surface area contributed by atoms with E-state index in [9.17, 15) is 4.79 Å². The van der Waals surface area contributed by atoms with Crippen molar-refractivity contribution >= 4 is 11.7 Å². The Balaban J connectivity index is 2.13. The first-order valence-electron chi connectivity index (χ1n) is 6.25. The summed E-state index contributed by atoms with van der Waals surface area (Å²) in [6, 6.07) is 8.30. The number of esters is 1. The Morgan fingerprint density at radius 3 is 2.61 bits per heavy atom. The van der Waals surface area contributed by atoms with E-state index in [0.717, 1.165) is 12.2 Å². The highest BCUT2D eigenvalue weighted by Crippen LogP contribution is 2.23. The minimum absolute atomic E-state index is 0.0177. The normalized spacial score (nSPS) is 23.8. The van der Waals surface area contributed by atoms with Crippen LogP contribution in [0.1, 0.15) is 12.0 Å². The van der Waals surface area contributed by atoms with E-state index in [1.165, 1.54) is 12.7 Å². The molecule has 1 aliphatic rings. The Hall–Kier alpha value is -1.55. The highest BCUT2D eigenvalue weighted by Gasteiger charge is 2.30. The summed E-state index contributed by atoms with van der Waals surface area (Å²) in [5, 5.41) is 0. The Morgan fingerprint density at radius 1 is 1.33 bits per heavy atom. The molecule has 1 aromatic carbocycles. The standard InChI is InChI=1S/C14H20N2O2/c1-10-3-5-13(6-4-10)16-8-11(14(17)18-2)7-12(15)9-16/h3-6,11-12H,7-9,15H2,1-2H3. The van der Waals surface area contributed by atoms with Gasteiger partial charge in [-0.15, -0.1) is 0 Å². The Kier molecular flexibility index (Phi) is 3.87. The van der Waals surface area contributed by atoms with Crippen molar-refractivity contribution in [2.24, 2.45) is 11.7 Å². The fourth-order valence-corrected chi connectivity index (χ4v) is 2.44. The number of anilines is 1. The van der Waals surface area contributed by atoms with Gasteiger partial charge in [-0.2, -0.15) is 0 Å². The summed E-state index contributed by atoms with van der Waals surface area (Å²) in [5.74, 6) is -0.290. The topological polar surface area (TPSA) is 55.6 Å². The molecule has 0 saturated carbocycles. The van der Waals surface area contributed by atoms with Gasteiger partial charge in [0, 0.05) is 24.8 Å². The number of ether oxygens (including phenoxy) is 1. The summed E-state index contributed by atoms with van der Waals surface area (Å²) < 4.78 is 4.82. The molecule has 18 heavy (non-hydrogen) atoms. The predicted molar refractivity (Wildman–Crippen MR) is 71.5 cm³/mol. The van der Waals surface area contributed by atoms with Gasteiger partial charge in [-0.05, 0) is 25.5 Å². The molecule has 2 unspecified atom stereocenters. The van der Waals surface area contributed by atoms with Crippen molar-refractivity contribution in [3.05, 3.63) is 29.8 Å². The van der Waals surface area contributed by atoms with Crippen LogP contribution in [-0.4, -0.2) is 32.2 Å². The highest BCUT2D eigenvalue weighted by atomic mass is 16.5. The number of benzene rings is 1. The Morgan fingerprint density at radius 2 is 2.00 bits per heavy atom. The van der Waals surface area contributed by atoms with Crippen LogP contribution in [0.5, 0.6) is 0 Å². The van der Waals surface area contributed by atoms with Crippen LogP contribution < -0.4 is 10.6 Å². The fourth-order valence-electron chi connectivity index (χ4n) is 2.44. The van der Waals surface area contributed by atoms with Crippen molar-refractivity contribution in [2.75, 3.05) is 25.1 Å². The van der Waals surface area contributed by atoms with E-state index in [2.05, 4.69) is 36.1 Å². The quantitative estimate of drug-likeness (QED) is 0.802. The lowest BCUT2D eigenvalue weighted by atomic mass is 9.94. The molecule has 1 aliphatic heterocycles. The maximum absolute atomic E-state index is 11.6. The minimum Gasteiger partial charge on any atom is -0.469 e. The Labute approximate surface area is 108 Å². The molecule has 0 aromatic heterocycles. The van der Waals surface area contributed by atoms with Gasteiger partial charge in [-0.25, -0.2) is 0 Å². The van der Waals surface area contributed by atoms with E-state index < -0.39 is 0 Å². The van der Waals surface area contributed by atoms with Gasteiger partial charge in [0.05, 0.1) is 13.0 Å². The number of piperidine rings is 1. The van der Waals surface area contributed by atoms with E-state index in [1.54, 1.807) is 0 Å². The van der Waals surface area contributed by atoms with Crippen molar-refractivity contribution in [2.45, 2.75) is 19.4 Å². The maximum Gasteiger partial charge on any atom is 0.310 e. The average molecular weight is 248 g/mol. The number of nitrogens with two attached hydrogens (primary N) is 1. The molecule has 2 rings (SSSR count). The second kappa shape index (κ2) is 5.40. The summed E-state index contributed by atoms with van der Waals surface area (Å²) in [7, 11) is 1.43. The third-order valence-corrected chi connectivity index (χ3v) is 3.42. The van der Waals surface area contributed by atoms with Gasteiger partial charge < -0.3 is 15.4 Å². The van der Waals surface area contributed by atoms with Crippen molar-refractivity contribution in [3.63, 3.8) is 0 Å². The van der Waals surface area contributed by atoms with E-state index in [0.29, 0.717) is 13.0 Å². The zero-order chi connectivity index (χ0) is 13.1. The molecule has 2 atom stereocenters. The van der Waals surface area contributed by atoms with Crippen molar-refractivity contribution in [1.82, 2.24) is 0 Å². The molecule has 0 amide bonds. The summed E-state index contributed by atoms with van der Waals surface area (Å²) in [6.45, 7) is 3.53. The molecule has 0 bridgehead atoms. The largest absolute Gasteiger partial charge is 0.469 e. The van der Waals surface area contributed by atoms with Crippen molar-refractivity contribution in [3.8, 4) is 0 Å². The van der Waals surface area contributed by atoms with Crippen LogP contribution in [0.4, 0.5) is 5.69 Å². The number of nitrogens with zero attached hydrogens (tertiary/aromatic N) is 1. The number of aryl methyl sites for hydroxylation is 1. The Bertz CT molecular complexity index is 416. The third kappa shape index (κ3) is 2.82. The molecule has 4 nitrogen and oxygen atoms in total. The first kappa shape index (κ1) is 12.9. The molecular weight excluding hydrogens is 228 g/mol. The zero-order valence-electron chi connectivity index (χ0n) is 10.9. The fraction of sp³-hybridized carbons (Fsp3) is 0.500. The SMILES string of the molecule is COC(=O)C1CC(N)CN(c2ccc(C)cc2)C1. The number of carbonyl (C=O) groups excluding carboxylic acids is 1. The van der Waals surface area contributed by atoms with Crippen LogP contribution in [-0.2, 0) is 9.53 Å². The van der Waals surface area contributed by atoms with Crippen LogP contribution in [0.3, 0.4) is 0 Å². The van der Waals surface area contributed by atoms with Crippen LogP contribution in [0.25, 0.3) is 0 Å². The number of carbonyl (C=O) groups is 1. The number of hydrogen-bond donors (Lipinski definition) is 1. The smallest absolute Gasteiger partial charge is 0.310 e. The summed E-state index contributed by atoms with van der Waals surface area (Å²) in [5.41, 5.74) is 8.37.